The summed E-state index contributed by atoms with van der Waals surface area (Å²) >= 11 is 0. The summed E-state index contributed by atoms with van der Waals surface area (Å²) in [7, 11) is -2.97. The van der Waals surface area contributed by atoms with E-state index in [0.29, 0.717) is 24.8 Å². The molecule has 1 aliphatic carbocycles. The van der Waals surface area contributed by atoms with Crippen LogP contribution in [0.1, 0.15) is 25.7 Å². The highest BCUT2D eigenvalue weighted by Gasteiger charge is 2.33. The van der Waals surface area contributed by atoms with E-state index in [4.69, 9.17) is 5.73 Å². The SMILES string of the molecule is NC1CCN(S(=O)(=O)CC2CC2)CC1. The maximum absolute atomic E-state index is 11.8. The summed E-state index contributed by atoms with van der Waals surface area (Å²) in [6, 6.07) is 0.197. The van der Waals surface area contributed by atoms with Crippen molar-refractivity contribution in [1.82, 2.24) is 4.31 Å². The van der Waals surface area contributed by atoms with Gasteiger partial charge in [0.05, 0.1) is 5.75 Å². The van der Waals surface area contributed by atoms with Crippen molar-refractivity contribution in [2.75, 3.05) is 18.8 Å². The molecule has 0 aromatic carbocycles. The molecule has 2 fully saturated rings. The highest BCUT2D eigenvalue weighted by Crippen LogP contribution is 2.31. The Bertz CT molecular complexity index is 290. The molecule has 0 unspecified atom stereocenters. The molecule has 0 aromatic heterocycles. The summed E-state index contributed by atoms with van der Waals surface area (Å²) in [5.74, 6) is 0.804. The molecule has 1 aliphatic heterocycles. The second-order valence-corrected chi connectivity index (χ2v) is 6.47. The Balaban J connectivity index is 1.92. The molecule has 0 radical (unpaired) electrons. The molecule has 14 heavy (non-hydrogen) atoms. The number of piperidine rings is 1. The molecule has 1 heterocycles. The average Bonchev–Trinajstić information content (AvgIpc) is 2.88. The van der Waals surface area contributed by atoms with Crippen LogP contribution in [-0.4, -0.2) is 37.6 Å². The van der Waals surface area contributed by atoms with Crippen molar-refractivity contribution in [3.8, 4) is 0 Å². The van der Waals surface area contributed by atoms with Gasteiger partial charge in [0.1, 0.15) is 0 Å². The molecule has 2 rings (SSSR count). The van der Waals surface area contributed by atoms with E-state index >= 15 is 0 Å². The van der Waals surface area contributed by atoms with Crippen molar-refractivity contribution in [3.63, 3.8) is 0 Å². The number of nitrogens with two attached hydrogens (primary N) is 1. The fraction of sp³-hybridized carbons (Fsp3) is 1.00. The van der Waals surface area contributed by atoms with E-state index in [1.54, 1.807) is 4.31 Å². The first-order valence-electron chi connectivity index (χ1n) is 5.31. The third-order valence-electron chi connectivity index (χ3n) is 3.04. The van der Waals surface area contributed by atoms with E-state index in [9.17, 15) is 8.42 Å². The molecule has 2 N–H and O–H groups in total. The molecule has 1 saturated heterocycles. The molecule has 0 bridgehead atoms. The lowest BCUT2D eigenvalue weighted by atomic mass is 10.1. The van der Waals surface area contributed by atoms with Gasteiger partial charge in [0.2, 0.25) is 10.0 Å². The Morgan fingerprint density at radius 1 is 1.14 bits per heavy atom. The lowest BCUT2D eigenvalue weighted by Gasteiger charge is -2.29. The number of rotatable bonds is 3. The molecule has 0 spiro atoms. The second-order valence-electron chi connectivity index (χ2n) is 4.46. The molecular weight excluding hydrogens is 200 g/mol. The molecule has 0 aromatic rings. The van der Waals surface area contributed by atoms with Crippen molar-refractivity contribution < 1.29 is 8.42 Å². The van der Waals surface area contributed by atoms with Crippen LogP contribution in [0.25, 0.3) is 0 Å². The quantitative estimate of drug-likeness (QED) is 0.733. The van der Waals surface area contributed by atoms with Crippen molar-refractivity contribution in [2.24, 2.45) is 11.7 Å². The molecular formula is C9H18N2O2S. The normalized spacial score (nSPS) is 26.6. The maximum Gasteiger partial charge on any atom is 0.214 e. The summed E-state index contributed by atoms with van der Waals surface area (Å²) in [4.78, 5) is 0. The number of hydrogen-bond donors (Lipinski definition) is 1. The lowest BCUT2D eigenvalue weighted by molar-refractivity contribution is 0.319. The summed E-state index contributed by atoms with van der Waals surface area (Å²) < 4.78 is 25.3. The maximum atomic E-state index is 11.8. The van der Waals surface area contributed by atoms with Gasteiger partial charge in [-0.3, -0.25) is 0 Å². The zero-order chi connectivity index (χ0) is 10.2. The van der Waals surface area contributed by atoms with E-state index in [2.05, 4.69) is 0 Å². The standard InChI is InChI=1S/C9H18N2O2S/c10-9-3-5-11(6-4-9)14(12,13)7-8-1-2-8/h8-9H,1-7,10H2. The average molecular weight is 218 g/mol. The third-order valence-corrected chi connectivity index (χ3v) is 5.08. The van der Waals surface area contributed by atoms with Crippen LogP contribution < -0.4 is 5.73 Å². The molecule has 82 valence electrons. The van der Waals surface area contributed by atoms with Gasteiger partial charge in [0.25, 0.3) is 0 Å². The lowest BCUT2D eigenvalue weighted by Crippen LogP contribution is -2.43. The summed E-state index contributed by atoms with van der Waals surface area (Å²) in [6.45, 7) is 1.24. The molecule has 4 nitrogen and oxygen atoms in total. The molecule has 2 aliphatic rings. The van der Waals surface area contributed by atoms with E-state index < -0.39 is 10.0 Å². The summed E-state index contributed by atoms with van der Waals surface area (Å²) in [5.41, 5.74) is 5.73. The van der Waals surface area contributed by atoms with Gasteiger partial charge in [-0.1, -0.05) is 0 Å². The minimum absolute atomic E-state index is 0.197. The first kappa shape index (κ1) is 10.4. The number of nitrogens with zero attached hydrogens (tertiary/aromatic N) is 1. The Hall–Kier alpha value is -0.130. The molecule has 0 amide bonds. The van der Waals surface area contributed by atoms with Crippen LogP contribution in [0, 0.1) is 5.92 Å². The van der Waals surface area contributed by atoms with E-state index in [-0.39, 0.29) is 6.04 Å². The van der Waals surface area contributed by atoms with E-state index in [1.165, 1.54) is 0 Å². The van der Waals surface area contributed by atoms with E-state index in [1.807, 2.05) is 0 Å². The third kappa shape index (κ3) is 2.46. The highest BCUT2D eigenvalue weighted by molar-refractivity contribution is 7.89. The van der Waals surface area contributed by atoms with Gasteiger partial charge < -0.3 is 5.73 Å². The van der Waals surface area contributed by atoms with Crippen LogP contribution in [0.3, 0.4) is 0 Å². The predicted octanol–water partition coefficient (Wildman–Crippen LogP) is 0.149. The zero-order valence-electron chi connectivity index (χ0n) is 8.35. The zero-order valence-corrected chi connectivity index (χ0v) is 9.17. The predicted molar refractivity (Wildman–Crippen MR) is 55.3 cm³/mol. The number of hydrogen-bond acceptors (Lipinski definition) is 3. The Labute approximate surface area is 85.5 Å². The van der Waals surface area contributed by atoms with E-state index in [0.717, 1.165) is 25.7 Å². The van der Waals surface area contributed by atoms with Gasteiger partial charge in [-0.25, -0.2) is 12.7 Å². The van der Waals surface area contributed by atoms with Crippen LogP contribution >= 0.6 is 0 Å². The summed E-state index contributed by atoms with van der Waals surface area (Å²) in [5, 5.41) is 0. The second kappa shape index (κ2) is 3.79. The smallest absolute Gasteiger partial charge is 0.214 e. The van der Waals surface area contributed by atoms with Crippen LogP contribution in [0.2, 0.25) is 0 Å². The van der Waals surface area contributed by atoms with Crippen molar-refractivity contribution in [1.29, 1.82) is 0 Å². The van der Waals surface area contributed by atoms with Gasteiger partial charge in [-0.05, 0) is 31.6 Å². The van der Waals surface area contributed by atoms with Gasteiger partial charge in [-0.15, -0.1) is 0 Å². The largest absolute Gasteiger partial charge is 0.328 e. The van der Waals surface area contributed by atoms with Crippen molar-refractivity contribution in [2.45, 2.75) is 31.7 Å². The monoisotopic (exact) mass is 218 g/mol. The van der Waals surface area contributed by atoms with Gasteiger partial charge in [-0.2, -0.15) is 0 Å². The van der Waals surface area contributed by atoms with Crippen molar-refractivity contribution >= 4 is 10.0 Å². The first-order chi connectivity index (χ1) is 6.58. The van der Waals surface area contributed by atoms with Crippen LogP contribution in [0.15, 0.2) is 0 Å². The number of sulfonamides is 1. The highest BCUT2D eigenvalue weighted by atomic mass is 32.2. The fourth-order valence-corrected chi connectivity index (χ4v) is 3.75. The van der Waals surface area contributed by atoms with Gasteiger partial charge >= 0.3 is 0 Å². The van der Waals surface area contributed by atoms with Crippen LogP contribution in [0.5, 0.6) is 0 Å². The first-order valence-corrected chi connectivity index (χ1v) is 6.92. The van der Waals surface area contributed by atoms with Gasteiger partial charge in [0.15, 0.2) is 0 Å². The minimum Gasteiger partial charge on any atom is -0.328 e. The van der Waals surface area contributed by atoms with Crippen LogP contribution in [-0.2, 0) is 10.0 Å². The topological polar surface area (TPSA) is 63.4 Å². The summed E-state index contributed by atoms with van der Waals surface area (Å²) in [6.07, 6.45) is 3.80. The van der Waals surface area contributed by atoms with Crippen LogP contribution in [0.4, 0.5) is 0 Å². The Morgan fingerprint density at radius 3 is 2.21 bits per heavy atom. The van der Waals surface area contributed by atoms with Crippen molar-refractivity contribution in [3.05, 3.63) is 0 Å². The Morgan fingerprint density at radius 2 is 1.71 bits per heavy atom. The molecule has 0 atom stereocenters. The molecule has 1 saturated carbocycles. The van der Waals surface area contributed by atoms with Gasteiger partial charge in [0, 0.05) is 19.1 Å². The minimum atomic E-state index is -2.97. The molecule has 5 heteroatoms. The fourth-order valence-electron chi connectivity index (χ4n) is 1.84. The Kier molecular flexibility index (Phi) is 2.81.